The summed E-state index contributed by atoms with van der Waals surface area (Å²) < 4.78 is 49.3. The molecule has 0 amide bonds. The summed E-state index contributed by atoms with van der Waals surface area (Å²) in [6.45, 7) is 7.00. The number of aromatic nitrogens is 4. The molecule has 0 unspecified atom stereocenters. The zero-order valence-electron chi connectivity index (χ0n) is 21.5. The number of pyridine rings is 2. The van der Waals surface area contributed by atoms with E-state index in [1.807, 2.05) is 10.9 Å². The molecule has 4 aromatic rings. The lowest BCUT2D eigenvalue weighted by Gasteiger charge is -2.26. The normalized spacial score (nSPS) is 14.2. The molecule has 0 saturated carbocycles. The first-order chi connectivity index (χ1) is 18.4. The maximum atomic E-state index is 15.2. The Kier molecular flexibility index (Phi) is 7.39. The third kappa shape index (κ3) is 4.74. The summed E-state index contributed by atoms with van der Waals surface area (Å²) in [5, 5.41) is 5.03. The zero-order valence-corrected chi connectivity index (χ0v) is 21.5. The first-order valence-electron chi connectivity index (χ1n) is 12.4. The SMILES string of the molecule is CCn1c(=O)c(-c2c(F)c(OC)cc(OC)c2F)cc2cnc(-c3cnn(CCN4CCOCC4)c3)cc21. The van der Waals surface area contributed by atoms with E-state index in [0.29, 0.717) is 16.6 Å². The molecule has 0 aliphatic carbocycles. The molecule has 1 aliphatic rings. The van der Waals surface area contributed by atoms with Crippen molar-refractivity contribution in [1.29, 1.82) is 0 Å². The molecule has 11 heteroatoms. The maximum Gasteiger partial charge on any atom is 0.259 e. The monoisotopic (exact) mass is 525 g/mol. The van der Waals surface area contributed by atoms with Gasteiger partial charge in [-0.05, 0) is 19.1 Å². The standard InChI is InChI=1S/C27H29F2N5O4/c1-4-34-21-12-20(18-15-31-33(16-18)6-5-32-7-9-38-10-8-32)30-14-17(21)11-19(27(34)35)24-25(28)22(36-2)13-23(37-3)26(24)29/h11-16H,4-10H2,1-3H3. The summed E-state index contributed by atoms with van der Waals surface area (Å²) in [7, 11) is 2.53. The van der Waals surface area contributed by atoms with E-state index in [1.54, 1.807) is 25.4 Å². The topological polar surface area (TPSA) is 83.6 Å². The Bertz CT molecular complexity index is 1500. The molecule has 38 heavy (non-hydrogen) atoms. The predicted octanol–water partition coefficient (Wildman–Crippen LogP) is 3.57. The van der Waals surface area contributed by atoms with Crippen molar-refractivity contribution in [3.05, 3.63) is 58.8 Å². The molecule has 4 heterocycles. The van der Waals surface area contributed by atoms with Gasteiger partial charge in [0.1, 0.15) is 0 Å². The van der Waals surface area contributed by atoms with E-state index in [9.17, 15) is 4.79 Å². The number of methoxy groups -OCH3 is 2. The third-order valence-corrected chi connectivity index (χ3v) is 6.82. The molecule has 0 N–H and O–H groups in total. The van der Waals surface area contributed by atoms with Gasteiger partial charge in [0, 0.05) is 55.6 Å². The highest BCUT2D eigenvalue weighted by molar-refractivity contribution is 5.86. The van der Waals surface area contributed by atoms with E-state index in [1.165, 1.54) is 24.9 Å². The van der Waals surface area contributed by atoms with Crippen LogP contribution in [-0.2, 0) is 17.8 Å². The smallest absolute Gasteiger partial charge is 0.259 e. The van der Waals surface area contributed by atoms with Crippen molar-refractivity contribution in [2.45, 2.75) is 20.0 Å². The van der Waals surface area contributed by atoms with E-state index in [-0.39, 0.29) is 23.6 Å². The van der Waals surface area contributed by atoms with Gasteiger partial charge in [-0.3, -0.25) is 19.4 Å². The van der Waals surface area contributed by atoms with Gasteiger partial charge in [0.2, 0.25) is 0 Å². The van der Waals surface area contributed by atoms with E-state index in [4.69, 9.17) is 14.2 Å². The molecule has 1 saturated heterocycles. The van der Waals surface area contributed by atoms with Crippen LogP contribution in [0.2, 0.25) is 0 Å². The highest BCUT2D eigenvalue weighted by atomic mass is 19.1. The highest BCUT2D eigenvalue weighted by Gasteiger charge is 2.25. The van der Waals surface area contributed by atoms with Crippen LogP contribution in [-0.4, -0.2) is 71.3 Å². The fraction of sp³-hybridized carbons (Fsp3) is 0.370. The molecule has 0 radical (unpaired) electrons. The van der Waals surface area contributed by atoms with Crippen LogP contribution in [0.3, 0.4) is 0 Å². The van der Waals surface area contributed by atoms with Crippen LogP contribution in [0.4, 0.5) is 8.78 Å². The molecule has 9 nitrogen and oxygen atoms in total. The van der Waals surface area contributed by atoms with Gasteiger partial charge in [0.05, 0.1) is 62.5 Å². The first kappa shape index (κ1) is 25.8. The molecule has 1 fully saturated rings. The van der Waals surface area contributed by atoms with Gasteiger partial charge in [-0.1, -0.05) is 0 Å². The van der Waals surface area contributed by atoms with Crippen LogP contribution >= 0.6 is 0 Å². The number of aryl methyl sites for hydroxylation is 1. The summed E-state index contributed by atoms with van der Waals surface area (Å²) in [4.78, 5) is 20.4. The molecule has 1 aromatic carbocycles. The van der Waals surface area contributed by atoms with Gasteiger partial charge in [-0.15, -0.1) is 0 Å². The number of nitrogens with zero attached hydrogens (tertiary/aromatic N) is 5. The second kappa shape index (κ2) is 10.9. The molecular weight excluding hydrogens is 496 g/mol. The van der Waals surface area contributed by atoms with Gasteiger partial charge in [-0.25, -0.2) is 8.78 Å². The number of halogens is 2. The third-order valence-electron chi connectivity index (χ3n) is 6.82. The largest absolute Gasteiger partial charge is 0.494 e. The molecular formula is C27H29F2N5O4. The minimum Gasteiger partial charge on any atom is -0.494 e. The van der Waals surface area contributed by atoms with Crippen molar-refractivity contribution in [2.24, 2.45) is 0 Å². The average molecular weight is 526 g/mol. The lowest BCUT2D eigenvalue weighted by Crippen LogP contribution is -2.38. The van der Waals surface area contributed by atoms with Crippen LogP contribution in [0.15, 0.2) is 41.6 Å². The van der Waals surface area contributed by atoms with Crippen molar-refractivity contribution in [3.63, 3.8) is 0 Å². The number of hydrogen-bond acceptors (Lipinski definition) is 7. The fourth-order valence-electron chi connectivity index (χ4n) is 4.73. The quantitative estimate of drug-likeness (QED) is 0.348. The van der Waals surface area contributed by atoms with Gasteiger partial charge in [0.25, 0.3) is 5.56 Å². The lowest BCUT2D eigenvalue weighted by atomic mass is 10.0. The number of benzene rings is 1. The lowest BCUT2D eigenvalue weighted by molar-refractivity contribution is 0.0360. The van der Waals surface area contributed by atoms with E-state index in [2.05, 4.69) is 15.0 Å². The molecule has 0 spiro atoms. The maximum absolute atomic E-state index is 15.2. The molecule has 0 bridgehead atoms. The van der Waals surface area contributed by atoms with E-state index >= 15 is 8.78 Å². The zero-order chi connectivity index (χ0) is 26.8. The molecule has 0 atom stereocenters. The summed E-state index contributed by atoms with van der Waals surface area (Å²) >= 11 is 0. The summed E-state index contributed by atoms with van der Waals surface area (Å²) in [5.41, 5.74) is 0.875. The Hall–Kier alpha value is -3.83. The van der Waals surface area contributed by atoms with Crippen LogP contribution in [0.5, 0.6) is 11.5 Å². The Morgan fingerprint density at radius 2 is 1.71 bits per heavy atom. The Labute approximate surface area is 218 Å². The molecule has 1 aliphatic heterocycles. The predicted molar refractivity (Wildman–Crippen MR) is 139 cm³/mol. The number of ether oxygens (including phenoxy) is 3. The average Bonchev–Trinajstić information content (AvgIpc) is 3.42. The van der Waals surface area contributed by atoms with Crippen molar-refractivity contribution >= 4 is 10.9 Å². The Morgan fingerprint density at radius 3 is 2.37 bits per heavy atom. The van der Waals surface area contributed by atoms with Gasteiger partial charge < -0.3 is 18.8 Å². The highest BCUT2D eigenvalue weighted by Crippen LogP contribution is 2.37. The second-order valence-corrected chi connectivity index (χ2v) is 8.97. The summed E-state index contributed by atoms with van der Waals surface area (Å²) in [5.74, 6) is -2.39. The summed E-state index contributed by atoms with van der Waals surface area (Å²) in [6.07, 6.45) is 5.26. The Morgan fingerprint density at radius 1 is 1.00 bits per heavy atom. The molecule has 3 aromatic heterocycles. The van der Waals surface area contributed by atoms with Gasteiger partial charge in [0.15, 0.2) is 23.1 Å². The van der Waals surface area contributed by atoms with Crippen LogP contribution < -0.4 is 15.0 Å². The number of fused-ring (bicyclic) bond motifs is 1. The fourth-order valence-corrected chi connectivity index (χ4v) is 4.73. The minimum absolute atomic E-state index is 0.142. The molecule has 200 valence electrons. The van der Waals surface area contributed by atoms with Crippen molar-refractivity contribution in [2.75, 3.05) is 47.1 Å². The summed E-state index contributed by atoms with van der Waals surface area (Å²) in [6, 6.07) is 4.36. The van der Waals surface area contributed by atoms with Crippen molar-refractivity contribution < 1.29 is 23.0 Å². The van der Waals surface area contributed by atoms with Crippen LogP contribution in [0.1, 0.15) is 6.92 Å². The van der Waals surface area contributed by atoms with Crippen LogP contribution in [0, 0.1) is 11.6 Å². The Balaban J connectivity index is 1.53. The minimum atomic E-state index is -0.973. The van der Waals surface area contributed by atoms with Gasteiger partial charge in [-0.2, -0.15) is 5.10 Å². The van der Waals surface area contributed by atoms with Crippen LogP contribution in [0.25, 0.3) is 33.3 Å². The van der Waals surface area contributed by atoms with E-state index in [0.717, 1.165) is 51.0 Å². The van der Waals surface area contributed by atoms with Crippen molar-refractivity contribution in [3.8, 4) is 33.9 Å². The van der Waals surface area contributed by atoms with E-state index < -0.39 is 22.8 Å². The number of hydrogen-bond donors (Lipinski definition) is 0. The second-order valence-electron chi connectivity index (χ2n) is 8.97. The molecule has 5 rings (SSSR count). The first-order valence-corrected chi connectivity index (χ1v) is 12.4. The number of morpholine rings is 1. The number of rotatable bonds is 8. The van der Waals surface area contributed by atoms with Crippen molar-refractivity contribution in [1.82, 2.24) is 24.2 Å². The van der Waals surface area contributed by atoms with Gasteiger partial charge >= 0.3 is 0 Å².